The van der Waals surface area contributed by atoms with Crippen molar-refractivity contribution in [3.8, 4) is 0 Å². The number of H-pyrrole nitrogens is 1. The van der Waals surface area contributed by atoms with E-state index in [1.54, 1.807) is 13.0 Å². The zero-order valence-corrected chi connectivity index (χ0v) is 11.5. The Balaban J connectivity index is 2.33. The van der Waals surface area contributed by atoms with E-state index in [-0.39, 0.29) is 11.3 Å². The quantitative estimate of drug-likeness (QED) is 0.808. The van der Waals surface area contributed by atoms with Gasteiger partial charge in [0.2, 0.25) is 0 Å². The zero-order valence-electron chi connectivity index (χ0n) is 9.90. The molecule has 6 nitrogen and oxygen atoms in total. The lowest BCUT2D eigenvalue weighted by molar-refractivity contribution is 0.0698. The van der Waals surface area contributed by atoms with Crippen LogP contribution in [0.4, 0.5) is 5.69 Å². The molecule has 2 aromatic rings. The minimum absolute atomic E-state index is 0.0256. The number of aryl methyl sites for hydroxylation is 1. The maximum atomic E-state index is 12.0. The van der Waals surface area contributed by atoms with Crippen molar-refractivity contribution in [2.45, 2.75) is 6.92 Å². The Morgan fingerprint density at radius 2 is 2.11 bits per heavy atom. The van der Waals surface area contributed by atoms with Crippen LogP contribution in [0.5, 0.6) is 0 Å². The number of amides is 1. The summed E-state index contributed by atoms with van der Waals surface area (Å²) in [5, 5.41) is 18.0. The number of carbonyl (C=O) groups excluding carboxylic acids is 1. The SMILES string of the molecule is Cc1[nH]ncc1C(=O)Nc1cc(Br)ccc1C(=O)O. The standard InChI is InChI=1S/C12H10BrN3O3/c1-6-9(5-14-16-6)11(17)15-10-4-7(13)2-3-8(10)12(18)19/h2-5H,1H3,(H,14,16)(H,15,17)(H,18,19). The Kier molecular flexibility index (Phi) is 3.66. The molecule has 1 aromatic heterocycles. The summed E-state index contributed by atoms with van der Waals surface area (Å²) >= 11 is 3.24. The van der Waals surface area contributed by atoms with Crippen molar-refractivity contribution in [1.29, 1.82) is 0 Å². The topological polar surface area (TPSA) is 95.1 Å². The highest BCUT2D eigenvalue weighted by molar-refractivity contribution is 9.10. The summed E-state index contributed by atoms with van der Waals surface area (Å²) < 4.78 is 0.678. The number of aromatic nitrogens is 2. The molecule has 0 saturated carbocycles. The second-order valence-electron chi connectivity index (χ2n) is 3.86. The van der Waals surface area contributed by atoms with Crippen LogP contribution < -0.4 is 5.32 Å². The molecule has 0 aliphatic carbocycles. The normalized spacial score (nSPS) is 10.2. The van der Waals surface area contributed by atoms with E-state index < -0.39 is 11.9 Å². The van der Waals surface area contributed by atoms with Crippen LogP contribution in [0.15, 0.2) is 28.9 Å². The highest BCUT2D eigenvalue weighted by Gasteiger charge is 2.16. The molecule has 1 aromatic carbocycles. The lowest BCUT2D eigenvalue weighted by Gasteiger charge is -2.08. The van der Waals surface area contributed by atoms with Gasteiger partial charge in [0.15, 0.2) is 0 Å². The average Bonchev–Trinajstić information content (AvgIpc) is 2.75. The molecule has 0 aliphatic heterocycles. The van der Waals surface area contributed by atoms with Crippen molar-refractivity contribution < 1.29 is 14.7 Å². The molecule has 0 unspecified atom stereocenters. The number of anilines is 1. The monoisotopic (exact) mass is 323 g/mol. The Labute approximate surface area is 117 Å². The Hall–Kier alpha value is -2.15. The fourth-order valence-electron chi connectivity index (χ4n) is 1.58. The number of nitrogens with one attached hydrogen (secondary N) is 2. The molecule has 7 heteroatoms. The fraction of sp³-hybridized carbons (Fsp3) is 0.0833. The van der Waals surface area contributed by atoms with E-state index in [2.05, 4.69) is 31.4 Å². The molecule has 1 heterocycles. The van der Waals surface area contributed by atoms with E-state index >= 15 is 0 Å². The largest absolute Gasteiger partial charge is 0.478 e. The number of aromatic amines is 1. The van der Waals surface area contributed by atoms with Crippen LogP contribution >= 0.6 is 15.9 Å². The van der Waals surface area contributed by atoms with Gasteiger partial charge in [-0.1, -0.05) is 15.9 Å². The van der Waals surface area contributed by atoms with Gasteiger partial charge >= 0.3 is 5.97 Å². The number of benzene rings is 1. The van der Waals surface area contributed by atoms with Crippen LogP contribution in [0, 0.1) is 6.92 Å². The second kappa shape index (κ2) is 5.23. The number of carbonyl (C=O) groups is 2. The maximum Gasteiger partial charge on any atom is 0.337 e. The van der Waals surface area contributed by atoms with E-state index in [0.717, 1.165) is 0 Å². The summed E-state index contributed by atoms with van der Waals surface area (Å²) in [6, 6.07) is 4.56. The van der Waals surface area contributed by atoms with Crippen LogP contribution in [0.25, 0.3) is 0 Å². The summed E-state index contributed by atoms with van der Waals surface area (Å²) in [5.41, 5.74) is 1.24. The fourth-order valence-corrected chi connectivity index (χ4v) is 1.94. The molecule has 1 amide bonds. The van der Waals surface area contributed by atoms with Crippen molar-refractivity contribution >= 4 is 33.5 Å². The van der Waals surface area contributed by atoms with E-state index in [9.17, 15) is 9.59 Å². The molecule has 0 atom stereocenters. The molecule has 0 fully saturated rings. The first-order valence-electron chi connectivity index (χ1n) is 5.33. The predicted octanol–water partition coefficient (Wildman–Crippen LogP) is 2.43. The highest BCUT2D eigenvalue weighted by Crippen LogP contribution is 2.22. The molecule has 0 radical (unpaired) electrons. The predicted molar refractivity (Wildman–Crippen MR) is 72.4 cm³/mol. The lowest BCUT2D eigenvalue weighted by Crippen LogP contribution is -2.15. The molecular formula is C12H10BrN3O3. The van der Waals surface area contributed by atoms with Gasteiger partial charge in [0.25, 0.3) is 5.91 Å². The Morgan fingerprint density at radius 3 is 2.68 bits per heavy atom. The lowest BCUT2D eigenvalue weighted by atomic mass is 10.1. The van der Waals surface area contributed by atoms with Crippen molar-refractivity contribution in [1.82, 2.24) is 10.2 Å². The number of hydrogen-bond acceptors (Lipinski definition) is 3. The van der Waals surface area contributed by atoms with Crippen molar-refractivity contribution in [3.05, 3.63) is 45.7 Å². The summed E-state index contributed by atoms with van der Waals surface area (Å²) in [7, 11) is 0. The number of carboxylic acids is 1. The van der Waals surface area contributed by atoms with Gasteiger partial charge in [-0.15, -0.1) is 0 Å². The Bertz CT molecular complexity index is 651. The summed E-state index contributed by atoms with van der Waals surface area (Å²) in [6.07, 6.45) is 1.39. The van der Waals surface area contributed by atoms with Gasteiger partial charge in [-0.05, 0) is 25.1 Å². The minimum Gasteiger partial charge on any atom is -0.478 e. The number of carboxylic acid groups (broad SMARTS) is 1. The van der Waals surface area contributed by atoms with E-state index in [0.29, 0.717) is 15.7 Å². The molecular weight excluding hydrogens is 314 g/mol. The summed E-state index contributed by atoms with van der Waals surface area (Å²) in [5.74, 6) is -1.52. The third kappa shape index (κ3) is 2.82. The highest BCUT2D eigenvalue weighted by atomic mass is 79.9. The molecule has 98 valence electrons. The van der Waals surface area contributed by atoms with E-state index in [1.165, 1.54) is 18.3 Å². The first kappa shape index (κ1) is 13.3. The van der Waals surface area contributed by atoms with Gasteiger partial charge in [-0.2, -0.15) is 5.10 Å². The average molecular weight is 324 g/mol. The van der Waals surface area contributed by atoms with Gasteiger partial charge in [-0.3, -0.25) is 9.89 Å². The van der Waals surface area contributed by atoms with Crippen molar-refractivity contribution in [2.75, 3.05) is 5.32 Å². The first-order chi connectivity index (χ1) is 8.99. The summed E-state index contributed by atoms with van der Waals surface area (Å²) in [6.45, 7) is 1.71. The van der Waals surface area contributed by atoms with Crippen molar-refractivity contribution in [2.24, 2.45) is 0 Å². The van der Waals surface area contributed by atoms with E-state index in [4.69, 9.17) is 5.11 Å². The maximum absolute atomic E-state index is 12.0. The number of hydrogen-bond donors (Lipinski definition) is 3. The summed E-state index contributed by atoms with van der Waals surface area (Å²) in [4.78, 5) is 23.1. The van der Waals surface area contributed by atoms with Gasteiger partial charge in [-0.25, -0.2) is 4.79 Å². The van der Waals surface area contributed by atoms with Crippen LogP contribution in [-0.2, 0) is 0 Å². The van der Waals surface area contributed by atoms with Crippen LogP contribution in [0.1, 0.15) is 26.4 Å². The molecule has 2 rings (SSSR count). The third-order valence-corrected chi connectivity index (χ3v) is 3.03. The second-order valence-corrected chi connectivity index (χ2v) is 4.77. The first-order valence-corrected chi connectivity index (χ1v) is 6.12. The van der Waals surface area contributed by atoms with Gasteiger partial charge in [0.1, 0.15) is 0 Å². The van der Waals surface area contributed by atoms with E-state index in [1.807, 2.05) is 0 Å². The van der Waals surface area contributed by atoms with Gasteiger partial charge in [0, 0.05) is 10.2 Å². The number of nitrogens with zero attached hydrogens (tertiary/aromatic N) is 1. The number of halogens is 1. The third-order valence-electron chi connectivity index (χ3n) is 2.53. The van der Waals surface area contributed by atoms with Crippen molar-refractivity contribution in [3.63, 3.8) is 0 Å². The number of aromatic carboxylic acids is 1. The Morgan fingerprint density at radius 1 is 1.37 bits per heavy atom. The molecule has 19 heavy (non-hydrogen) atoms. The zero-order chi connectivity index (χ0) is 14.0. The van der Waals surface area contributed by atoms with Crippen LogP contribution in [0.3, 0.4) is 0 Å². The van der Waals surface area contributed by atoms with Gasteiger partial charge < -0.3 is 10.4 Å². The minimum atomic E-state index is -1.10. The van der Waals surface area contributed by atoms with Gasteiger partial charge in [0.05, 0.1) is 23.0 Å². The van der Waals surface area contributed by atoms with Crippen LogP contribution in [-0.4, -0.2) is 27.2 Å². The molecule has 0 saturated heterocycles. The van der Waals surface area contributed by atoms with Crippen LogP contribution in [0.2, 0.25) is 0 Å². The molecule has 0 bridgehead atoms. The smallest absolute Gasteiger partial charge is 0.337 e. The molecule has 3 N–H and O–H groups in total. The number of rotatable bonds is 3. The molecule has 0 aliphatic rings. The molecule has 0 spiro atoms.